The van der Waals surface area contributed by atoms with Gasteiger partial charge in [-0.3, -0.25) is 4.90 Å². The Balaban J connectivity index is 4.57. The maximum absolute atomic E-state index is 2.84. The van der Waals surface area contributed by atoms with E-state index in [1.807, 2.05) is 0 Å². The first-order chi connectivity index (χ1) is 15.3. The van der Waals surface area contributed by atoms with Gasteiger partial charge < -0.3 is 4.90 Å². The lowest BCUT2D eigenvalue weighted by Gasteiger charge is -2.40. The first-order valence-electron chi connectivity index (χ1n) is 14.8. The first-order valence-corrected chi connectivity index (χ1v) is 14.8. The summed E-state index contributed by atoms with van der Waals surface area (Å²) in [6.45, 7) is 31.5. The van der Waals surface area contributed by atoms with Gasteiger partial charge in [0.2, 0.25) is 0 Å². The fourth-order valence-corrected chi connectivity index (χ4v) is 4.86. The van der Waals surface area contributed by atoms with Gasteiger partial charge in [-0.2, -0.15) is 0 Å². The van der Waals surface area contributed by atoms with E-state index in [0.29, 0.717) is 11.6 Å². The van der Waals surface area contributed by atoms with Gasteiger partial charge in [-0.25, -0.2) is 0 Å². The second-order valence-electron chi connectivity index (χ2n) is 13.3. The second kappa shape index (κ2) is 18.2. The summed E-state index contributed by atoms with van der Waals surface area (Å²) in [7, 11) is 0. The van der Waals surface area contributed by atoms with E-state index in [-0.39, 0.29) is 0 Å². The van der Waals surface area contributed by atoms with Crippen molar-refractivity contribution in [2.75, 3.05) is 26.2 Å². The fourth-order valence-electron chi connectivity index (χ4n) is 4.86. The zero-order chi connectivity index (χ0) is 25.4. The highest BCUT2D eigenvalue weighted by atomic mass is 15.2. The second-order valence-corrected chi connectivity index (χ2v) is 13.3. The molecule has 0 amide bonds. The molecule has 0 saturated heterocycles. The lowest BCUT2D eigenvalue weighted by Crippen LogP contribution is -2.45. The summed E-state index contributed by atoms with van der Waals surface area (Å²) in [5.74, 6) is 3.30. The topological polar surface area (TPSA) is 6.48 Å². The third kappa shape index (κ3) is 17.9. The summed E-state index contributed by atoms with van der Waals surface area (Å²) in [6.07, 6.45) is 13.6. The van der Waals surface area contributed by atoms with Crippen LogP contribution in [0, 0.1) is 23.7 Å². The van der Waals surface area contributed by atoms with E-state index >= 15 is 0 Å². The summed E-state index contributed by atoms with van der Waals surface area (Å²) in [5, 5.41) is 0. The van der Waals surface area contributed by atoms with Crippen LogP contribution in [0.2, 0.25) is 0 Å². The van der Waals surface area contributed by atoms with Crippen LogP contribution in [-0.4, -0.2) is 47.6 Å². The summed E-state index contributed by atoms with van der Waals surface area (Å²) >= 11 is 0. The Labute approximate surface area is 211 Å². The molecule has 0 aromatic carbocycles. The highest BCUT2D eigenvalue weighted by Gasteiger charge is 2.26. The predicted molar refractivity (Wildman–Crippen MR) is 152 cm³/mol. The Morgan fingerprint density at radius 2 is 1.03 bits per heavy atom. The minimum Gasteiger partial charge on any atom is -0.301 e. The van der Waals surface area contributed by atoms with Crippen LogP contribution in [0.5, 0.6) is 0 Å². The van der Waals surface area contributed by atoms with Crippen molar-refractivity contribution in [1.82, 2.24) is 9.80 Å². The Morgan fingerprint density at radius 3 is 1.58 bits per heavy atom. The molecule has 0 aliphatic carbocycles. The smallest absolute Gasteiger partial charge is 0.0153 e. The van der Waals surface area contributed by atoms with Gasteiger partial charge in [-0.15, -0.1) is 0 Å². The van der Waals surface area contributed by atoms with Crippen LogP contribution in [0.1, 0.15) is 140 Å². The highest BCUT2D eigenvalue weighted by Crippen LogP contribution is 2.27. The van der Waals surface area contributed by atoms with Gasteiger partial charge in [0.1, 0.15) is 0 Å². The van der Waals surface area contributed by atoms with Crippen LogP contribution in [-0.2, 0) is 0 Å². The first kappa shape index (κ1) is 32.9. The van der Waals surface area contributed by atoms with Crippen molar-refractivity contribution in [3.63, 3.8) is 0 Å². The van der Waals surface area contributed by atoms with Crippen molar-refractivity contribution in [2.45, 2.75) is 152 Å². The van der Waals surface area contributed by atoms with Gasteiger partial charge >= 0.3 is 0 Å². The van der Waals surface area contributed by atoms with Gasteiger partial charge in [0.15, 0.2) is 0 Å². The molecule has 0 aliphatic rings. The molecule has 0 aromatic heterocycles. The van der Waals surface area contributed by atoms with Crippen molar-refractivity contribution in [3.05, 3.63) is 0 Å². The SMILES string of the molecule is CC(C)CCCCN(CCCC(C)C)C(C)(C)CCC(C)CCCN(CCC(C)C)C(C)C. The minimum absolute atomic E-state index is 0.324. The predicted octanol–water partition coefficient (Wildman–Crippen LogP) is 9.28. The largest absolute Gasteiger partial charge is 0.301 e. The molecule has 1 unspecified atom stereocenters. The summed E-state index contributed by atoms with van der Waals surface area (Å²) in [5.41, 5.74) is 0.324. The molecule has 2 nitrogen and oxygen atoms in total. The van der Waals surface area contributed by atoms with Crippen LogP contribution < -0.4 is 0 Å². The van der Waals surface area contributed by atoms with Crippen molar-refractivity contribution >= 4 is 0 Å². The van der Waals surface area contributed by atoms with Crippen LogP contribution in [0.15, 0.2) is 0 Å². The molecule has 0 N–H and O–H groups in total. The highest BCUT2D eigenvalue weighted by molar-refractivity contribution is 4.82. The Kier molecular flexibility index (Phi) is 18.2. The molecule has 0 fully saturated rings. The van der Waals surface area contributed by atoms with Crippen molar-refractivity contribution in [1.29, 1.82) is 0 Å². The monoisotopic (exact) mass is 467 g/mol. The summed E-state index contributed by atoms with van der Waals surface area (Å²) < 4.78 is 0. The van der Waals surface area contributed by atoms with Gasteiger partial charge in [0.05, 0.1) is 0 Å². The van der Waals surface area contributed by atoms with E-state index in [0.717, 1.165) is 23.7 Å². The molecule has 200 valence electrons. The zero-order valence-corrected chi connectivity index (χ0v) is 25.2. The molecular weight excluding hydrogens is 400 g/mol. The van der Waals surface area contributed by atoms with Crippen molar-refractivity contribution in [2.24, 2.45) is 23.7 Å². The van der Waals surface area contributed by atoms with Crippen LogP contribution >= 0.6 is 0 Å². The molecule has 0 aromatic rings. The fraction of sp³-hybridized carbons (Fsp3) is 1.00. The molecule has 0 spiro atoms. The van der Waals surface area contributed by atoms with E-state index in [2.05, 4.69) is 86.0 Å². The molecule has 0 bridgehead atoms. The van der Waals surface area contributed by atoms with Gasteiger partial charge in [0, 0.05) is 11.6 Å². The molecule has 0 aliphatic heterocycles. The average Bonchev–Trinajstić information content (AvgIpc) is 2.69. The standard InChI is InChI=1S/C31H66N2/c1-26(2)16-12-13-23-33(24-14-17-27(3)4)31(10,11)21-19-30(9)18-15-22-32(29(7)8)25-20-28(5)6/h26-30H,12-25H2,1-11H3. The van der Waals surface area contributed by atoms with Crippen LogP contribution in [0.3, 0.4) is 0 Å². The Hall–Kier alpha value is -0.0800. The zero-order valence-electron chi connectivity index (χ0n) is 25.2. The molecule has 2 heteroatoms. The lowest BCUT2D eigenvalue weighted by molar-refractivity contribution is 0.0968. The minimum atomic E-state index is 0.324. The average molecular weight is 467 g/mol. The third-order valence-electron chi connectivity index (χ3n) is 7.64. The summed E-state index contributed by atoms with van der Waals surface area (Å²) in [4.78, 5) is 5.54. The number of hydrogen-bond acceptors (Lipinski definition) is 2. The van der Waals surface area contributed by atoms with Gasteiger partial charge in [-0.05, 0) is 129 Å². The van der Waals surface area contributed by atoms with Crippen LogP contribution in [0.25, 0.3) is 0 Å². The van der Waals surface area contributed by atoms with Crippen molar-refractivity contribution in [3.8, 4) is 0 Å². The number of nitrogens with zero attached hydrogens (tertiary/aromatic N) is 2. The number of rotatable bonds is 21. The Morgan fingerprint density at radius 1 is 0.515 bits per heavy atom. The van der Waals surface area contributed by atoms with Gasteiger partial charge in [0.25, 0.3) is 0 Å². The number of unbranched alkanes of at least 4 members (excludes halogenated alkanes) is 1. The van der Waals surface area contributed by atoms with Crippen LogP contribution in [0.4, 0.5) is 0 Å². The molecule has 0 heterocycles. The number of hydrogen-bond donors (Lipinski definition) is 0. The maximum atomic E-state index is 2.84. The van der Waals surface area contributed by atoms with E-state index < -0.39 is 0 Å². The van der Waals surface area contributed by atoms with E-state index in [4.69, 9.17) is 0 Å². The molecule has 0 rings (SSSR count). The normalized spacial score (nSPS) is 14.1. The molecule has 33 heavy (non-hydrogen) atoms. The third-order valence-corrected chi connectivity index (χ3v) is 7.64. The quantitative estimate of drug-likeness (QED) is 0.155. The molecule has 0 radical (unpaired) electrons. The van der Waals surface area contributed by atoms with E-state index in [1.54, 1.807) is 0 Å². The van der Waals surface area contributed by atoms with Gasteiger partial charge in [-0.1, -0.05) is 61.3 Å². The maximum Gasteiger partial charge on any atom is 0.0153 e. The van der Waals surface area contributed by atoms with Crippen molar-refractivity contribution < 1.29 is 0 Å². The molecule has 1 atom stereocenters. The Bertz CT molecular complexity index is 438. The molecule has 0 saturated carbocycles. The lowest BCUT2D eigenvalue weighted by atomic mass is 9.88. The summed E-state index contributed by atoms with van der Waals surface area (Å²) in [6, 6.07) is 0.674. The van der Waals surface area contributed by atoms with E-state index in [9.17, 15) is 0 Å². The molecular formula is C31H66N2. The van der Waals surface area contributed by atoms with E-state index in [1.165, 1.54) is 90.4 Å².